The molecule has 2 heterocycles. The molecule has 1 aromatic rings. The molecule has 2 rings (SSSR count). The van der Waals surface area contributed by atoms with E-state index >= 15 is 0 Å². The molecule has 1 fully saturated rings. The predicted molar refractivity (Wildman–Crippen MR) is 80.5 cm³/mol. The van der Waals surface area contributed by atoms with Crippen molar-refractivity contribution in [2.75, 3.05) is 13.1 Å². The minimum atomic E-state index is -3.41. The number of thiophene rings is 1. The molecule has 0 radical (unpaired) electrons. The minimum absolute atomic E-state index is 0.171. The molecule has 0 amide bonds. The molecule has 0 bridgehead atoms. The van der Waals surface area contributed by atoms with Crippen molar-refractivity contribution in [3.63, 3.8) is 0 Å². The van der Waals surface area contributed by atoms with Gasteiger partial charge in [0.25, 0.3) is 0 Å². The van der Waals surface area contributed by atoms with Gasteiger partial charge in [0.1, 0.15) is 4.90 Å². The Balaban J connectivity index is 2.34. The van der Waals surface area contributed by atoms with Crippen LogP contribution in [-0.4, -0.2) is 37.9 Å². The second-order valence-corrected chi connectivity index (χ2v) is 10.1. The zero-order valence-electron chi connectivity index (χ0n) is 9.98. The maximum atomic E-state index is 12.6. The van der Waals surface area contributed by atoms with Gasteiger partial charge in [-0.15, -0.1) is 11.3 Å². The molecular weight excluding hydrogens is 404 g/mol. The molecule has 2 atom stereocenters. The summed E-state index contributed by atoms with van der Waals surface area (Å²) in [5.74, 6) is 0. The van der Waals surface area contributed by atoms with Gasteiger partial charge in [-0.3, -0.25) is 0 Å². The Morgan fingerprint density at radius 2 is 1.89 bits per heavy atom. The number of nitrogens with one attached hydrogen (secondary N) is 1. The third-order valence-electron chi connectivity index (χ3n) is 2.77. The predicted octanol–water partition coefficient (Wildman–Crippen LogP) is 2.64. The van der Waals surface area contributed by atoms with E-state index in [9.17, 15) is 8.42 Å². The Hall–Kier alpha value is 0.530. The topological polar surface area (TPSA) is 49.4 Å². The van der Waals surface area contributed by atoms with Gasteiger partial charge < -0.3 is 5.32 Å². The molecule has 4 nitrogen and oxygen atoms in total. The molecule has 8 heteroatoms. The van der Waals surface area contributed by atoms with Crippen molar-refractivity contribution in [3.8, 4) is 0 Å². The lowest BCUT2D eigenvalue weighted by Crippen LogP contribution is -2.55. The average molecular weight is 418 g/mol. The maximum absolute atomic E-state index is 12.6. The Labute approximate surface area is 128 Å². The fraction of sp³-hybridized carbons (Fsp3) is 0.600. The molecule has 102 valence electrons. The summed E-state index contributed by atoms with van der Waals surface area (Å²) >= 11 is 8.01. The highest BCUT2D eigenvalue weighted by atomic mass is 79.9. The Kier molecular flexibility index (Phi) is 4.56. The molecule has 1 aliphatic heterocycles. The molecule has 1 saturated heterocycles. The fourth-order valence-corrected chi connectivity index (χ4v) is 7.49. The highest BCUT2D eigenvalue weighted by molar-refractivity contribution is 9.12. The third-order valence-corrected chi connectivity index (χ3v) is 7.35. The Bertz CT molecular complexity index is 534. The van der Waals surface area contributed by atoms with Crippen LogP contribution in [0.5, 0.6) is 0 Å². The van der Waals surface area contributed by atoms with E-state index in [1.165, 1.54) is 11.3 Å². The van der Waals surface area contributed by atoms with Crippen molar-refractivity contribution in [1.82, 2.24) is 9.62 Å². The summed E-state index contributed by atoms with van der Waals surface area (Å²) in [7, 11) is -3.41. The van der Waals surface area contributed by atoms with Crippen molar-refractivity contribution in [2.24, 2.45) is 0 Å². The first-order valence-electron chi connectivity index (χ1n) is 5.51. The van der Waals surface area contributed by atoms with E-state index in [0.29, 0.717) is 21.8 Å². The standard InChI is InChI=1S/C10H14Br2N2O2S2/c1-6-4-14(5-7(2)13-6)18(15,16)8-3-9(11)17-10(8)12/h3,6-7,13H,4-5H2,1-2H3. The number of hydrogen-bond donors (Lipinski definition) is 1. The van der Waals surface area contributed by atoms with Gasteiger partial charge in [-0.1, -0.05) is 0 Å². The maximum Gasteiger partial charge on any atom is 0.245 e. The molecule has 1 aliphatic rings. The summed E-state index contributed by atoms with van der Waals surface area (Å²) in [6.07, 6.45) is 0. The lowest BCUT2D eigenvalue weighted by atomic mass is 10.2. The van der Waals surface area contributed by atoms with Crippen LogP contribution in [0.25, 0.3) is 0 Å². The zero-order chi connectivity index (χ0) is 13.5. The van der Waals surface area contributed by atoms with E-state index in [0.717, 1.165) is 3.79 Å². The van der Waals surface area contributed by atoms with Gasteiger partial charge in [0.2, 0.25) is 10.0 Å². The number of halogens is 2. The smallest absolute Gasteiger partial charge is 0.245 e. The first kappa shape index (κ1) is 14.9. The van der Waals surface area contributed by atoms with E-state index in [-0.39, 0.29) is 12.1 Å². The summed E-state index contributed by atoms with van der Waals surface area (Å²) in [6, 6.07) is 2.00. The van der Waals surface area contributed by atoms with Gasteiger partial charge in [0.05, 0.1) is 7.57 Å². The summed E-state index contributed by atoms with van der Waals surface area (Å²) in [5.41, 5.74) is 0. The number of sulfonamides is 1. The first-order chi connectivity index (χ1) is 8.30. The van der Waals surface area contributed by atoms with Crippen LogP contribution in [0.3, 0.4) is 0 Å². The van der Waals surface area contributed by atoms with E-state index < -0.39 is 10.0 Å². The Morgan fingerprint density at radius 1 is 1.33 bits per heavy atom. The van der Waals surface area contributed by atoms with Gasteiger partial charge in [-0.2, -0.15) is 4.31 Å². The zero-order valence-corrected chi connectivity index (χ0v) is 14.8. The lowest BCUT2D eigenvalue weighted by Gasteiger charge is -2.35. The second kappa shape index (κ2) is 5.49. The summed E-state index contributed by atoms with van der Waals surface area (Å²) in [4.78, 5) is 0.348. The Morgan fingerprint density at radius 3 is 2.33 bits per heavy atom. The quantitative estimate of drug-likeness (QED) is 0.804. The summed E-state index contributed by atoms with van der Waals surface area (Å²) in [5, 5.41) is 3.33. The van der Waals surface area contributed by atoms with Crippen molar-refractivity contribution in [1.29, 1.82) is 0 Å². The van der Waals surface area contributed by atoms with E-state index in [1.54, 1.807) is 10.4 Å². The van der Waals surface area contributed by atoms with Crippen LogP contribution in [0.15, 0.2) is 18.5 Å². The number of nitrogens with zero attached hydrogens (tertiary/aromatic N) is 1. The molecule has 1 N–H and O–H groups in total. The largest absolute Gasteiger partial charge is 0.309 e. The van der Waals surface area contributed by atoms with Gasteiger partial charge in [0, 0.05) is 25.2 Å². The summed E-state index contributed by atoms with van der Waals surface area (Å²) < 4.78 is 28.1. The van der Waals surface area contributed by atoms with Crippen LogP contribution >= 0.6 is 43.2 Å². The van der Waals surface area contributed by atoms with Crippen LogP contribution < -0.4 is 5.32 Å². The van der Waals surface area contributed by atoms with Crippen LogP contribution in [0, 0.1) is 0 Å². The monoisotopic (exact) mass is 416 g/mol. The van der Waals surface area contributed by atoms with E-state index in [1.807, 2.05) is 13.8 Å². The first-order valence-corrected chi connectivity index (χ1v) is 9.36. The number of rotatable bonds is 2. The molecule has 2 unspecified atom stereocenters. The molecule has 0 aliphatic carbocycles. The van der Waals surface area contributed by atoms with Crippen LogP contribution in [-0.2, 0) is 10.0 Å². The molecule has 0 saturated carbocycles. The highest BCUT2D eigenvalue weighted by Gasteiger charge is 2.33. The van der Waals surface area contributed by atoms with Crippen molar-refractivity contribution >= 4 is 53.2 Å². The molecule has 0 spiro atoms. The van der Waals surface area contributed by atoms with Crippen molar-refractivity contribution < 1.29 is 8.42 Å². The number of piperazine rings is 1. The lowest BCUT2D eigenvalue weighted by molar-refractivity contribution is 0.263. The van der Waals surface area contributed by atoms with Crippen LogP contribution in [0.1, 0.15) is 13.8 Å². The van der Waals surface area contributed by atoms with Gasteiger partial charge in [-0.05, 0) is 51.8 Å². The molecule has 0 aromatic carbocycles. The highest BCUT2D eigenvalue weighted by Crippen LogP contribution is 2.36. The molecular formula is C10H14Br2N2O2S2. The second-order valence-electron chi connectivity index (χ2n) is 4.48. The van der Waals surface area contributed by atoms with Crippen molar-refractivity contribution in [2.45, 2.75) is 30.8 Å². The minimum Gasteiger partial charge on any atom is -0.309 e. The van der Waals surface area contributed by atoms with Crippen molar-refractivity contribution in [3.05, 3.63) is 13.6 Å². The average Bonchev–Trinajstić information content (AvgIpc) is 2.57. The van der Waals surface area contributed by atoms with Crippen LogP contribution in [0.4, 0.5) is 0 Å². The molecule has 18 heavy (non-hydrogen) atoms. The number of hydrogen-bond acceptors (Lipinski definition) is 4. The molecule has 1 aromatic heterocycles. The van der Waals surface area contributed by atoms with E-state index in [4.69, 9.17) is 0 Å². The van der Waals surface area contributed by atoms with Gasteiger partial charge >= 0.3 is 0 Å². The van der Waals surface area contributed by atoms with E-state index in [2.05, 4.69) is 37.2 Å². The normalized spacial score (nSPS) is 26.4. The third kappa shape index (κ3) is 2.99. The van der Waals surface area contributed by atoms with Gasteiger partial charge in [-0.25, -0.2) is 8.42 Å². The van der Waals surface area contributed by atoms with Gasteiger partial charge in [0.15, 0.2) is 0 Å². The SMILES string of the molecule is CC1CN(S(=O)(=O)c2cc(Br)sc2Br)CC(C)N1. The van der Waals surface area contributed by atoms with Crippen LogP contribution in [0.2, 0.25) is 0 Å². The summed E-state index contributed by atoms with van der Waals surface area (Å²) in [6.45, 7) is 5.01. The fourth-order valence-electron chi connectivity index (χ4n) is 2.11.